The van der Waals surface area contributed by atoms with Crippen LogP contribution in [0.1, 0.15) is 32.6 Å². The van der Waals surface area contributed by atoms with E-state index in [9.17, 15) is 0 Å². The minimum Gasteiger partial charge on any atom is -0.198 e. The summed E-state index contributed by atoms with van der Waals surface area (Å²) in [6, 6.07) is 2.13. The van der Waals surface area contributed by atoms with Gasteiger partial charge in [-0.2, -0.15) is 5.26 Å². The predicted octanol–water partition coefficient (Wildman–Crippen LogP) is 2.70. The van der Waals surface area contributed by atoms with Gasteiger partial charge in [0, 0.05) is 0 Å². The van der Waals surface area contributed by atoms with E-state index in [1.54, 1.807) is 0 Å². The Kier molecular flexibility index (Phi) is 5.86. The van der Waals surface area contributed by atoms with Crippen LogP contribution >= 0.6 is 0 Å². The smallest absolute Gasteiger partial charge is 0.0697 e. The molecule has 0 saturated carbocycles. The molecule has 0 amide bonds. The van der Waals surface area contributed by atoms with Crippen LogP contribution in [0, 0.1) is 23.8 Å². The van der Waals surface area contributed by atoms with Crippen molar-refractivity contribution in [3.63, 3.8) is 0 Å². The van der Waals surface area contributed by atoms with E-state index in [1.807, 2.05) is 0 Å². The lowest BCUT2D eigenvalue weighted by molar-refractivity contribution is 0.618. The van der Waals surface area contributed by atoms with Crippen LogP contribution in [0.5, 0.6) is 0 Å². The molecule has 0 spiro atoms. The molecular formula is C9H14N. The third kappa shape index (κ3) is 4.14. The topological polar surface area (TPSA) is 23.8 Å². The van der Waals surface area contributed by atoms with Crippen molar-refractivity contribution < 1.29 is 0 Å². The van der Waals surface area contributed by atoms with E-state index in [-0.39, 0.29) is 5.92 Å². The SMILES string of the molecule is [CH]=CC(C#N)CCCCC. The van der Waals surface area contributed by atoms with E-state index in [4.69, 9.17) is 11.8 Å². The average molecular weight is 136 g/mol. The number of nitriles is 1. The lowest BCUT2D eigenvalue weighted by Gasteiger charge is -1.99. The monoisotopic (exact) mass is 136 g/mol. The fourth-order valence-electron chi connectivity index (χ4n) is 0.818. The van der Waals surface area contributed by atoms with Crippen molar-refractivity contribution in [3.05, 3.63) is 12.7 Å². The van der Waals surface area contributed by atoms with Gasteiger partial charge in [0.25, 0.3) is 0 Å². The molecule has 1 radical (unpaired) electrons. The zero-order chi connectivity index (χ0) is 7.82. The first kappa shape index (κ1) is 9.23. The summed E-state index contributed by atoms with van der Waals surface area (Å²) in [5.74, 6) is -0.0356. The molecule has 1 atom stereocenters. The van der Waals surface area contributed by atoms with Crippen LogP contribution in [0.3, 0.4) is 0 Å². The Balaban J connectivity index is 3.28. The fourth-order valence-corrected chi connectivity index (χ4v) is 0.818. The normalized spacial score (nSPS) is 12.0. The van der Waals surface area contributed by atoms with Gasteiger partial charge in [-0.1, -0.05) is 38.8 Å². The van der Waals surface area contributed by atoms with Crippen molar-refractivity contribution in [1.29, 1.82) is 5.26 Å². The van der Waals surface area contributed by atoms with Gasteiger partial charge in [0.15, 0.2) is 0 Å². The Morgan fingerprint density at radius 1 is 1.60 bits per heavy atom. The lowest BCUT2D eigenvalue weighted by Crippen LogP contribution is -1.90. The van der Waals surface area contributed by atoms with E-state index >= 15 is 0 Å². The van der Waals surface area contributed by atoms with Gasteiger partial charge in [0.05, 0.1) is 12.0 Å². The van der Waals surface area contributed by atoms with Gasteiger partial charge >= 0.3 is 0 Å². The summed E-state index contributed by atoms with van der Waals surface area (Å²) >= 11 is 0. The van der Waals surface area contributed by atoms with Gasteiger partial charge in [-0.3, -0.25) is 0 Å². The maximum atomic E-state index is 8.46. The molecule has 0 aromatic rings. The quantitative estimate of drug-likeness (QED) is 0.533. The number of allylic oxidation sites excluding steroid dienone is 1. The van der Waals surface area contributed by atoms with E-state index in [0.29, 0.717) is 0 Å². The number of unbranched alkanes of at least 4 members (excludes halogenated alkanes) is 2. The Bertz CT molecular complexity index is 121. The molecule has 0 N–H and O–H groups in total. The maximum Gasteiger partial charge on any atom is 0.0697 e. The molecule has 0 fully saturated rings. The van der Waals surface area contributed by atoms with Crippen molar-refractivity contribution in [2.24, 2.45) is 5.92 Å². The van der Waals surface area contributed by atoms with E-state index in [1.165, 1.54) is 18.9 Å². The fraction of sp³-hybridized carbons (Fsp3) is 0.667. The minimum atomic E-state index is -0.0356. The lowest BCUT2D eigenvalue weighted by atomic mass is 10.0. The van der Waals surface area contributed by atoms with Crippen LogP contribution < -0.4 is 0 Å². The molecule has 0 aliphatic rings. The summed E-state index contributed by atoms with van der Waals surface area (Å²) in [5, 5.41) is 8.46. The maximum absolute atomic E-state index is 8.46. The van der Waals surface area contributed by atoms with Crippen molar-refractivity contribution >= 4 is 0 Å². The van der Waals surface area contributed by atoms with Crippen molar-refractivity contribution in [1.82, 2.24) is 0 Å². The predicted molar refractivity (Wildman–Crippen MR) is 42.1 cm³/mol. The zero-order valence-corrected chi connectivity index (χ0v) is 6.51. The van der Waals surface area contributed by atoms with Gasteiger partial charge in [0.1, 0.15) is 0 Å². The molecule has 0 heterocycles. The molecule has 1 unspecified atom stereocenters. The highest BCUT2D eigenvalue weighted by Gasteiger charge is 1.99. The highest BCUT2D eigenvalue weighted by Crippen LogP contribution is 2.08. The van der Waals surface area contributed by atoms with Gasteiger partial charge in [-0.25, -0.2) is 0 Å². The zero-order valence-electron chi connectivity index (χ0n) is 6.51. The molecule has 0 aliphatic heterocycles. The highest BCUT2D eigenvalue weighted by atomic mass is 14.3. The molecule has 0 aliphatic carbocycles. The second kappa shape index (κ2) is 6.35. The van der Waals surface area contributed by atoms with Crippen LogP contribution in [-0.4, -0.2) is 0 Å². The summed E-state index contributed by atoms with van der Waals surface area (Å²) in [4.78, 5) is 0. The molecule has 1 heteroatoms. The first-order valence-corrected chi connectivity index (χ1v) is 3.79. The standard InChI is InChI=1S/C9H14N/c1-3-5-6-7-9(4-2)8-10/h2,4,9H,3,5-7H2,1H3. The molecule has 0 aromatic heterocycles. The van der Waals surface area contributed by atoms with Crippen molar-refractivity contribution in [2.45, 2.75) is 32.6 Å². The Morgan fingerprint density at radius 2 is 2.30 bits per heavy atom. The number of hydrogen-bond donors (Lipinski definition) is 0. The molecule has 0 rings (SSSR count). The van der Waals surface area contributed by atoms with Gasteiger partial charge in [0.2, 0.25) is 0 Å². The van der Waals surface area contributed by atoms with Crippen LogP contribution in [0.25, 0.3) is 0 Å². The molecule has 1 nitrogen and oxygen atoms in total. The second-order valence-electron chi connectivity index (χ2n) is 2.42. The van der Waals surface area contributed by atoms with E-state index in [2.05, 4.69) is 13.0 Å². The molecule has 10 heavy (non-hydrogen) atoms. The second-order valence-corrected chi connectivity index (χ2v) is 2.42. The Morgan fingerprint density at radius 3 is 2.70 bits per heavy atom. The average Bonchev–Trinajstić information content (AvgIpc) is 1.99. The number of rotatable bonds is 5. The summed E-state index contributed by atoms with van der Waals surface area (Å²) < 4.78 is 0. The summed E-state index contributed by atoms with van der Waals surface area (Å²) in [6.07, 6.45) is 5.91. The molecule has 55 valence electrons. The van der Waals surface area contributed by atoms with Gasteiger partial charge in [-0.05, 0) is 6.42 Å². The summed E-state index contributed by atoms with van der Waals surface area (Å²) in [6.45, 7) is 7.36. The van der Waals surface area contributed by atoms with Crippen LogP contribution in [0.2, 0.25) is 0 Å². The highest BCUT2D eigenvalue weighted by molar-refractivity contribution is 4.93. The van der Waals surface area contributed by atoms with Gasteiger partial charge in [-0.15, -0.1) is 0 Å². The van der Waals surface area contributed by atoms with Crippen LogP contribution in [0.15, 0.2) is 6.08 Å². The third-order valence-corrected chi connectivity index (χ3v) is 1.52. The Labute approximate surface area is 63.4 Å². The van der Waals surface area contributed by atoms with E-state index < -0.39 is 0 Å². The minimum absolute atomic E-state index is 0.0356. The van der Waals surface area contributed by atoms with Crippen molar-refractivity contribution in [2.75, 3.05) is 0 Å². The van der Waals surface area contributed by atoms with E-state index in [0.717, 1.165) is 12.8 Å². The summed E-state index contributed by atoms with van der Waals surface area (Å²) in [5.41, 5.74) is 0. The third-order valence-electron chi connectivity index (χ3n) is 1.52. The van der Waals surface area contributed by atoms with Gasteiger partial charge < -0.3 is 0 Å². The molecule has 0 bridgehead atoms. The number of nitrogens with zero attached hydrogens (tertiary/aromatic N) is 1. The first-order chi connectivity index (χ1) is 4.85. The Hall–Kier alpha value is -0.770. The van der Waals surface area contributed by atoms with Crippen LogP contribution in [-0.2, 0) is 0 Å². The number of hydrogen-bond acceptors (Lipinski definition) is 1. The molecule has 0 aromatic carbocycles. The largest absolute Gasteiger partial charge is 0.198 e. The van der Waals surface area contributed by atoms with Crippen molar-refractivity contribution in [3.8, 4) is 6.07 Å². The molecule has 0 saturated heterocycles. The molecular weight excluding hydrogens is 122 g/mol. The first-order valence-electron chi connectivity index (χ1n) is 3.79. The van der Waals surface area contributed by atoms with Crippen LogP contribution in [0.4, 0.5) is 0 Å². The summed E-state index contributed by atoms with van der Waals surface area (Å²) in [7, 11) is 0.